The van der Waals surface area contributed by atoms with Gasteiger partial charge in [-0.05, 0) is 68.2 Å². The zero-order chi connectivity index (χ0) is 18.9. The molecule has 1 N–H and O–H groups in total. The van der Waals surface area contributed by atoms with Gasteiger partial charge < -0.3 is 15.0 Å². The van der Waals surface area contributed by atoms with E-state index in [0.29, 0.717) is 11.8 Å². The molecule has 2 saturated heterocycles. The summed E-state index contributed by atoms with van der Waals surface area (Å²) in [6.45, 7) is 3.06. The molecule has 6 nitrogen and oxygen atoms in total. The van der Waals surface area contributed by atoms with E-state index < -0.39 is 0 Å². The SMILES string of the molecule is O=C(NC1CCOCC1)N1CCC(c2ccc3cc(C4CC4)cnc3n2)CC1. The molecular weight excluding hydrogens is 352 g/mol. The number of amides is 2. The fourth-order valence-corrected chi connectivity index (χ4v) is 4.40. The lowest BCUT2D eigenvalue weighted by atomic mass is 9.93. The van der Waals surface area contributed by atoms with E-state index in [4.69, 9.17) is 9.72 Å². The van der Waals surface area contributed by atoms with E-state index in [-0.39, 0.29) is 12.1 Å². The molecule has 2 aliphatic heterocycles. The van der Waals surface area contributed by atoms with Crippen molar-refractivity contribution in [2.45, 2.75) is 56.4 Å². The first-order chi connectivity index (χ1) is 13.8. The maximum atomic E-state index is 12.5. The van der Waals surface area contributed by atoms with E-state index >= 15 is 0 Å². The average Bonchev–Trinajstić information content (AvgIpc) is 3.59. The first kappa shape index (κ1) is 17.9. The highest BCUT2D eigenvalue weighted by Gasteiger charge is 2.27. The number of urea groups is 1. The normalized spacial score (nSPS) is 21.8. The Morgan fingerprint density at radius 1 is 1.04 bits per heavy atom. The van der Waals surface area contributed by atoms with Gasteiger partial charge in [-0.2, -0.15) is 0 Å². The Morgan fingerprint density at radius 2 is 1.82 bits per heavy atom. The van der Waals surface area contributed by atoms with Crippen LogP contribution in [-0.4, -0.2) is 53.2 Å². The summed E-state index contributed by atoms with van der Waals surface area (Å²) < 4.78 is 5.36. The van der Waals surface area contributed by atoms with Crippen LogP contribution in [-0.2, 0) is 4.74 Å². The Balaban J connectivity index is 1.20. The van der Waals surface area contributed by atoms with Crippen molar-refractivity contribution in [3.8, 4) is 0 Å². The van der Waals surface area contributed by atoms with Gasteiger partial charge in [-0.25, -0.2) is 14.8 Å². The molecule has 2 aromatic heterocycles. The number of carbonyl (C=O) groups is 1. The van der Waals surface area contributed by atoms with E-state index in [2.05, 4.69) is 28.5 Å². The molecule has 4 heterocycles. The molecule has 0 atom stereocenters. The van der Waals surface area contributed by atoms with Crippen LogP contribution in [0.2, 0.25) is 0 Å². The summed E-state index contributed by atoms with van der Waals surface area (Å²) in [6.07, 6.45) is 8.33. The smallest absolute Gasteiger partial charge is 0.317 e. The molecule has 2 aromatic rings. The van der Waals surface area contributed by atoms with Crippen LogP contribution in [0.4, 0.5) is 4.79 Å². The number of nitrogens with zero attached hydrogens (tertiary/aromatic N) is 3. The Bertz CT molecular complexity index is 853. The minimum Gasteiger partial charge on any atom is -0.381 e. The van der Waals surface area contributed by atoms with Gasteiger partial charge in [0.15, 0.2) is 5.65 Å². The number of pyridine rings is 2. The number of rotatable bonds is 3. The summed E-state index contributed by atoms with van der Waals surface area (Å²) in [5, 5.41) is 4.31. The van der Waals surface area contributed by atoms with E-state index in [1.165, 1.54) is 18.4 Å². The molecule has 1 aliphatic carbocycles. The van der Waals surface area contributed by atoms with E-state index in [9.17, 15) is 4.79 Å². The number of hydrogen-bond acceptors (Lipinski definition) is 4. The van der Waals surface area contributed by atoms with Gasteiger partial charge in [0.25, 0.3) is 0 Å². The lowest BCUT2D eigenvalue weighted by Gasteiger charge is -2.33. The molecule has 3 aliphatic rings. The van der Waals surface area contributed by atoms with Crippen molar-refractivity contribution in [3.63, 3.8) is 0 Å². The summed E-state index contributed by atoms with van der Waals surface area (Å²) in [5.74, 6) is 1.12. The summed E-state index contributed by atoms with van der Waals surface area (Å²) >= 11 is 0. The van der Waals surface area contributed by atoms with Crippen LogP contribution in [0.3, 0.4) is 0 Å². The molecule has 5 rings (SSSR count). The second-order valence-electron chi connectivity index (χ2n) is 8.42. The molecule has 0 spiro atoms. The van der Waals surface area contributed by atoms with Crippen molar-refractivity contribution in [2.24, 2.45) is 0 Å². The van der Waals surface area contributed by atoms with Gasteiger partial charge in [-0.1, -0.05) is 0 Å². The van der Waals surface area contributed by atoms with Gasteiger partial charge in [-0.3, -0.25) is 0 Å². The van der Waals surface area contributed by atoms with Gasteiger partial charge in [0.05, 0.1) is 0 Å². The fourth-order valence-electron chi connectivity index (χ4n) is 4.40. The number of likely N-dealkylation sites (tertiary alicyclic amines) is 1. The first-order valence-electron chi connectivity index (χ1n) is 10.7. The molecule has 0 radical (unpaired) electrons. The third-order valence-corrected chi connectivity index (χ3v) is 6.38. The highest BCUT2D eigenvalue weighted by atomic mass is 16.5. The predicted molar refractivity (Wildman–Crippen MR) is 107 cm³/mol. The minimum atomic E-state index is 0.0751. The van der Waals surface area contributed by atoms with Gasteiger partial charge in [-0.15, -0.1) is 0 Å². The molecule has 28 heavy (non-hydrogen) atoms. The van der Waals surface area contributed by atoms with Crippen LogP contribution in [0.1, 0.15) is 61.6 Å². The molecule has 0 aromatic carbocycles. The van der Waals surface area contributed by atoms with Crippen LogP contribution in [0, 0.1) is 0 Å². The van der Waals surface area contributed by atoms with Crippen molar-refractivity contribution in [1.82, 2.24) is 20.2 Å². The number of aromatic nitrogens is 2. The Labute approximate surface area is 165 Å². The van der Waals surface area contributed by atoms with Crippen LogP contribution in [0.5, 0.6) is 0 Å². The van der Waals surface area contributed by atoms with Crippen LogP contribution in [0.25, 0.3) is 11.0 Å². The molecule has 2 amide bonds. The van der Waals surface area contributed by atoms with Crippen molar-refractivity contribution >= 4 is 17.1 Å². The van der Waals surface area contributed by atoms with E-state index in [0.717, 1.165) is 68.7 Å². The largest absolute Gasteiger partial charge is 0.381 e. The maximum absolute atomic E-state index is 12.5. The Morgan fingerprint density at radius 3 is 2.57 bits per heavy atom. The number of carbonyl (C=O) groups excluding carboxylic acids is 1. The highest BCUT2D eigenvalue weighted by Crippen LogP contribution is 2.40. The minimum absolute atomic E-state index is 0.0751. The summed E-state index contributed by atoms with van der Waals surface area (Å²) in [7, 11) is 0. The summed E-state index contributed by atoms with van der Waals surface area (Å²) in [5.41, 5.74) is 3.32. The van der Waals surface area contributed by atoms with Crippen molar-refractivity contribution in [3.05, 3.63) is 35.7 Å². The van der Waals surface area contributed by atoms with Gasteiger partial charge >= 0.3 is 6.03 Å². The topological polar surface area (TPSA) is 67.3 Å². The average molecular weight is 380 g/mol. The molecule has 6 heteroatoms. The molecular formula is C22H28N4O2. The van der Waals surface area contributed by atoms with E-state index in [1.54, 1.807) is 0 Å². The second-order valence-corrected chi connectivity index (χ2v) is 8.42. The lowest BCUT2D eigenvalue weighted by Crippen LogP contribution is -2.49. The molecule has 3 fully saturated rings. The standard InChI is InChI=1S/C22H28N4O2/c27-22(24-19-7-11-28-12-8-19)26-9-5-16(6-10-26)20-4-3-17-13-18(15-1-2-15)14-23-21(17)25-20/h3-4,13-16,19H,1-2,5-12H2,(H,24,27). The lowest BCUT2D eigenvalue weighted by molar-refractivity contribution is 0.0775. The number of piperidine rings is 1. The Hall–Kier alpha value is -2.21. The monoisotopic (exact) mass is 380 g/mol. The molecule has 148 valence electrons. The van der Waals surface area contributed by atoms with Gasteiger partial charge in [0.1, 0.15) is 0 Å². The number of ether oxygens (including phenoxy) is 1. The Kier molecular flexibility index (Phi) is 4.89. The number of hydrogen-bond donors (Lipinski definition) is 1. The van der Waals surface area contributed by atoms with Crippen molar-refractivity contribution in [1.29, 1.82) is 0 Å². The third-order valence-electron chi connectivity index (χ3n) is 6.38. The van der Waals surface area contributed by atoms with Crippen LogP contribution < -0.4 is 5.32 Å². The zero-order valence-electron chi connectivity index (χ0n) is 16.3. The summed E-state index contributed by atoms with van der Waals surface area (Å²) in [4.78, 5) is 23.9. The zero-order valence-corrected chi connectivity index (χ0v) is 16.3. The van der Waals surface area contributed by atoms with Crippen LogP contribution in [0.15, 0.2) is 24.4 Å². The van der Waals surface area contributed by atoms with Crippen LogP contribution >= 0.6 is 0 Å². The van der Waals surface area contributed by atoms with Gasteiger partial charge in [0.2, 0.25) is 0 Å². The molecule has 1 saturated carbocycles. The highest BCUT2D eigenvalue weighted by molar-refractivity contribution is 5.76. The van der Waals surface area contributed by atoms with E-state index in [1.807, 2.05) is 11.1 Å². The van der Waals surface area contributed by atoms with Crippen molar-refractivity contribution < 1.29 is 9.53 Å². The summed E-state index contributed by atoms with van der Waals surface area (Å²) in [6, 6.07) is 6.91. The van der Waals surface area contributed by atoms with Gasteiger partial charge in [0, 0.05) is 55.5 Å². The molecule has 0 bridgehead atoms. The first-order valence-corrected chi connectivity index (χ1v) is 10.7. The molecule has 0 unspecified atom stereocenters. The number of nitrogens with one attached hydrogen (secondary N) is 1. The maximum Gasteiger partial charge on any atom is 0.317 e. The quantitative estimate of drug-likeness (QED) is 0.884. The van der Waals surface area contributed by atoms with Crippen molar-refractivity contribution in [2.75, 3.05) is 26.3 Å². The predicted octanol–water partition coefficient (Wildman–Crippen LogP) is 3.58. The third kappa shape index (κ3) is 3.83. The second kappa shape index (κ2) is 7.66. The fraction of sp³-hybridized carbons (Fsp3) is 0.591. The number of fused-ring (bicyclic) bond motifs is 1.